The van der Waals surface area contributed by atoms with Gasteiger partial charge in [0.25, 0.3) is 5.91 Å². The highest BCUT2D eigenvalue weighted by Crippen LogP contribution is 2.28. The lowest BCUT2D eigenvalue weighted by molar-refractivity contribution is -0.118. The molecule has 0 spiro atoms. The highest BCUT2D eigenvalue weighted by molar-refractivity contribution is 5.95. The van der Waals surface area contributed by atoms with Crippen LogP contribution in [0.3, 0.4) is 0 Å². The fourth-order valence-corrected chi connectivity index (χ4v) is 2.48. The number of aryl methyl sites for hydroxylation is 1. The van der Waals surface area contributed by atoms with E-state index in [1.165, 1.54) is 19.6 Å². The number of carbonyl (C=O) groups is 2. The second-order valence-corrected chi connectivity index (χ2v) is 6.06. The third-order valence-electron chi connectivity index (χ3n) is 3.99. The van der Waals surface area contributed by atoms with Crippen LogP contribution in [-0.2, 0) is 11.2 Å². The molecule has 0 bridgehead atoms. The molecule has 0 saturated carbocycles. The van der Waals surface area contributed by atoms with E-state index in [4.69, 9.17) is 9.47 Å². The molecule has 2 aromatic carbocycles. The molecule has 5 nitrogen and oxygen atoms in total. The van der Waals surface area contributed by atoms with Gasteiger partial charge in [-0.1, -0.05) is 25.5 Å². The number of hydrogen-bond donors (Lipinski definition) is 1. The highest BCUT2D eigenvalue weighted by Gasteiger charge is 2.10. The van der Waals surface area contributed by atoms with E-state index in [-0.39, 0.29) is 18.3 Å². The van der Waals surface area contributed by atoms with Gasteiger partial charge in [-0.25, -0.2) is 0 Å². The number of carbonyl (C=O) groups excluding carboxylic acids is 2. The number of Topliss-reactive ketones (excluding diaryl/α,β-unsaturated/α-hetero) is 1. The third-order valence-corrected chi connectivity index (χ3v) is 3.99. The molecule has 0 aliphatic rings. The minimum atomic E-state index is -0.260. The Labute approximate surface area is 154 Å². The molecule has 0 aliphatic carbocycles. The van der Waals surface area contributed by atoms with E-state index < -0.39 is 0 Å². The monoisotopic (exact) mass is 355 g/mol. The zero-order valence-electron chi connectivity index (χ0n) is 15.5. The predicted molar refractivity (Wildman–Crippen MR) is 102 cm³/mol. The van der Waals surface area contributed by atoms with Crippen LogP contribution in [-0.4, -0.2) is 25.4 Å². The molecule has 2 rings (SSSR count). The minimum absolute atomic E-state index is 0.0602. The van der Waals surface area contributed by atoms with Gasteiger partial charge in [-0.2, -0.15) is 0 Å². The highest BCUT2D eigenvalue weighted by atomic mass is 16.5. The summed E-state index contributed by atoms with van der Waals surface area (Å²) in [4.78, 5) is 23.5. The molecule has 0 unspecified atom stereocenters. The maximum absolute atomic E-state index is 12.1. The summed E-state index contributed by atoms with van der Waals surface area (Å²) in [5, 5.41) is 2.80. The van der Waals surface area contributed by atoms with Gasteiger partial charge in [0.2, 0.25) is 0 Å². The predicted octanol–water partition coefficient (Wildman–Crippen LogP) is 4.26. The van der Waals surface area contributed by atoms with Gasteiger partial charge in [0.05, 0.1) is 7.11 Å². The Hall–Kier alpha value is -2.82. The van der Waals surface area contributed by atoms with Gasteiger partial charge in [-0.05, 0) is 55.7 Å². The number of methoxy groups -OCH3 is 1. The molecule has 1 amide bonds. The largest absolute Gasteiger partial charge is 0.493 e. The summed E-state index contributed by atoms with van der Waals surface area (Å²) in [6.07, 6.45) is 3.36. The Morgan fingerprint density at radius 1 is 1.04 bits per heavy atom. The molecular formula is C21H25NO4. The number of anilines is 1. The molecule has 0 radical (unpaired) electrons. The number of ether oxygens (including phenoxy) is 2. The maximum Gasteiger partial charge on any atom is 0.262 e. The molecule has 0 fully saturated rings. The van der Waals surface area contributed by atoms with Crippen LogP contribution in [0.2, 0.25) is 0 Å². The summed E-state index contributed by atoms with van der Waals surface area (Å²) < 4.78 is 10.7. The molecule has 0 heterocycles. The lowest BCUT2D eigenvalue weighted by Crippen LogP contribution is -2.20. The van der Waals surface area contributed by atoms with Gasteiger partial charge in [-0.3, -0.25) is 9.59 Å². The molecular weight excluding hydrogens is 330 g/mol. The normalized spacial score (nSPS) is 10.3. The number of amides is 1. The number of ketones is 1. The Balaban J connectivity index is 1.91. The number of rotatable bonds is 9. The SMILES string of the molecule is CCCCc1ccc(NC(=O)COc2ccc(C(C)=O)cc2OC)cc1. The maximum atomic E-state index is 12.1. The van der Waals surface area contributed by atoms with Crippen molar-refractivity contribution >= 4 is 17.4 Å². The van der Waals surface area contributed by atoms with Gasteiger partial charge in [0.1, 0.15) is 0 Å². The summed E-state index contributed by atoms with van der Waals surface area (Å²) >= 11 is 0. The first-order valence-electron chi connectivity index (χ1n) is 8.74. The van der Waals surface area contributed by atoms with Crippen LogP contribution in [0.5, 0.6) is 11.5 Å². The van der Waals surface area contributed by atoms with E-state index in [0.717, 1.165) is 24.9 Å². The zero-order valence-corrected chi connectivity index (χ0v) is 15.5. The van der Waals surface area contributed by atoms with Crippen molar-refractivity contribution in [3.05, 3.63) is 53.6 Å². The van der Waals surface area contributed by atoms with Crippen LogP contribution in [0.25, 0.3) is 0 Å². The van der Waals surface area contributed by atoms with Gasteiger partial charge in [0.15, 0.2) is 23.9 Å². The van der Waals surface area contributed by atoms with Crippen molar-refractivity contribution < 1.29 is 19.1 Å². The van der Waals surface area contributed by atoms with Crippen molar-refractivity contribution in [3.63, 3.8) is 0 Å². The van der Waals surface area contributed by atoms with Crippen molar-refractivity contribution in [3.8, 4) is 11.5 Å². The van der Waals surface area contributed by atoms with Crippen molar-refractivity contribution in [2.75, 3.05) is 19.0 Å². The summed E-state index contributed by atoms with van der Waals surface area (Å²) in [7, 11) is 1.49. The van der Waals surface area contributed by atoms with Crippen molar-refractivity contribution in [1.82, 2.24) is 0 Å². The van der Waals surface area contributed by atoms with Gasteiger partial charge < -0.3 is 14.8 Å². The second kappa shape index (κ2) is 9.61. The zero-order chi connectivity index (χ0) is 18.9. The fraction of sp³-hybridized carbons (Fsp3) is 0.333. The van der Waals surface area contributed by atoms with Crippen LogP contribution in [0, 0.1) is 0 Å². The average Bonchev–Trinajstić information content (AvgIpc) is 2.65. The number of hydrogen-bond acceptors (Lipinski definition) is 4. The Morgan fingerprint density at radius 2 is 1.77 bits per heavy atom. The van der Waals surface area contributed by atoms with Crippen LogP contribution >= 0.6 is 0 Å². The lowest BCUT2D eigenvalue weighted by Gasteiger charge is -2.12. The van der Waals surface area contributed by atoms with Crippen LogP contribution in [0.1, 0.15) is 42.6 Å². The van der Waals surface area contributed by atoms with Crippen LogP contribution in [0.15, 0.2) is 42.5 Å². The molecule has 0 aliphatic heterocycles. The Bertz CT molecular complexity index is 753. The Kier molecular flexibility index (Phi) is 7.21. The fourth-order valence-electron chi connectivity index (χ4n) is 2.48. The molecule has 138 valence electrons. The number of benzene rings is 2. The third kappa shape index (κ3) is 5.62. The molecule has 0 atom stereocenters. The van der Waals surface area contributed by atoms with Crippen molar-refractivity contribution in [2.24, 2.45) is 0 Å². The summed E-state index contributed by atoms with van der Waals surface area (Å²) in [5.74, 6) is 0.521. The number of nitrogens with one attached hydrogen (secondary N) is 1. The molecule has 0 aromatic heterocycles. The molecule has 5 heteroatoms. The Morgan fingerprint density at radius 3 is 2.38 bits per heavy atom. The number of unbranched alkanes of at least 4 members (excludes halogenated alkanes) is 1. The van der Waals surface area contributed by atoms with E-state index in [0.29, 0.717) is 17.1 Å². The topological polar surface area (TPSA) is 64.6 Å². The first-order chi connectivity index (χ1) is 12.5. The standard InChI is InChI=1S/C21H25NO4/c1-4-5-6-16-7-10-18(11-8-16)22-21(24)14-26-19-12-9-17(15(2)23)13-20(19)25-3/h7-13H,4-6,14H2,1-3H3,(H,22,24). The van der Waals surface area contributed by atoms with E-state index in [1.54, 1.807) is 18.2 Å². The van der Waals surface area contributed by atoms with E-state index in [1.807, 2.05) is 24.3 Å². The first-order valence-corrected chi connectivity index (χ1v) is 8.74. The smallest absolute Gasteiger partial charge is 0.262 e. The van der Waals surface area contributed by atoms with Crippen LogP contribution < -0.4 is 14.8 Å². The summed E-state index contributed by atoms with van der Waals surface area (Å²) in [6.45, 7) is 3.50. The van der Waals surface area contributed by atoms with Gasteiger partial charge in [0, 0.05) is 11.3 Å². The minimum Gasteiger partial charge on any atom is -0.493 e. The molecule has 26 heavy (non-hydrogen) atoms. The average molecular weight is 355 g/mol. The first kappa shape index (κ1) is 19.5. The molecule has 2 aromatic rings. The van der Waals surface area contributed by atoms with E-state index in [2.05, 4.69) is 12.2 Å². The van der Waals surface area contributed by atoms with E-state index >= 15 is 0 Å². The summed E-state index contributed by atoms with van der Waals surface area (Å²) in [6, 6.07) is 12.7. The van der Waals surface area contributed by atoms with Crippen molar-refractivity contribution in [1.29, 1.82) is 0 Å². The molecule has 0 saturated heterocycles. The van der Waals surface area contributed by atoms with Crippen LogP contribution in [0.4, 0.5) is 5.69 Å². The molecule has 1 N–H and O–H groups in total. The second-order valence-electron chi connectivity index (χ2n) is 6.06. The van der Waals surface area contributed by atoms with Gasteiger partial charge in [-0.15, -0.1) is 0 Å². The quantitative estimate of drug-likeness (QED) is 0.683. The summed E-state index contributed by atoms with van der Waals surface area (Å²) in [5.41, 5.74) is 2.52. The van der Waals surface area contributed by atoms with E-state index in [9.17, 15) is 9.59 Å². The van der Waals surface area contributed by atoms with Crippen molar-refractivity contribution in [2.45, 2.75) is 33.1 Å². The lowest BCUT2D eigenvalue weighted by atomic mass is 10.1. The van der Waals surface area contributed by atoms with Gasteiger partial charge >= 0.3 is 0 Å².